The lowest BCUT2D eigenvalue weighted by atomic mass is 10.2. The van der Waals surface area contributed by atoms with Gasteiger partial charge < -0.3 is 10.2 Å². The van der Waals surface area contributed by atoms with Crippen molar-refractivity contribution < 1.29 is 0 Å². The number of nitrogens with one attached hydrogen (secondary N) is 1. The number of hydrogen-bond acceptors (Lipinski definition) is 6. The van der Waals surface area contributed by atoms with Crippen LogP contribution in [0.15, 0.2) is 29.5 Å². The maximum absolute atomic E-state index is 12.3. The Kier molecular flexibility index (Phi) is 4.66. The maximum Gasteiger partial charge on any atom is 0.255 e. The van der Waals surface area contributed by atoms with Gasteiger partial charge in [-0.3, -0.25) is 9.36 Å². The lowest BCUT2D eigenvalue weighted by Gasteiger charge is -2.27. The van der Waals surface area contributed by atoms with Gasteiger partial charge in [0.05, 0.1) is 11.4 Å². The molecule has 23 heavy (non-hydrogen) atoms. The first-order valence-electron chi connectivity index (χ1n) is 8.02. The van der Waals surface area contributed by atoms with Crippen LogP contribution in [0, 0.1) is 0 Å². The van der Waals surface area contributed by atoms with Crippen LogP contribution in [0.4, 0.5) is 5.95 Å². The molecule has 0 radical (unpaired) electrons. The van der Waals surface area contributed by atoms with Gasteiger partial charge in [-0.05, 0) is 32.4 Å². The Bertz CT molecular complexity index is 708. The SMILES string of the molecule is CCN(C[C@@H]1CCCN1)c1nc(-c2ccncn2)cc(=O)n1C. The van der Waals surface area contributed by atoms with Gasteiger partial charge in [-0.25, -0.2) is 15.0 Å². The molecule has 1 atom stereocenters. The standard InChI is InChI=1S/C16H22N6O/c1-3-22(10-12-5-4-7-18-12)16-20-14(9-15(23)21(16)2)13-6-8-17-11-19-13/h6,8-9,11-12,18H,3-5,7,10H2,1-2H3/t12-/m0/s1. The van der Waals surface area contributed by atoms with Gasteiger partial charge in [0, 0.05) is 38.4 Å². The van der Waals surface area contributed by atoms with Crippen LogP contribution in [0.5, 0.6) is 0 Å². The van der Waals surface area contributed by atoms with E-state index in [9.17, 15) is 4.79 Å². The van der Waals surface area contributed by atoms with Crippen LogP contribution in [0.3, 0.4) is 0 Å². The normalized spacial score (nSPS) is 17.4. The van der Waals surface area contributed by atoms with E-state index >= 15 is 0 Å². The molecule has 0 aromatic carbocycles. The highest BCUT2D eigenvalue weighted by Crippen LogP contribution is 2.17. The monoisotopic (exact) mass is 314 g/mol. The number of likely N-dealkylation sites (N-methyl/N-ethyl adjacent to an activating group) is 1. The Hall–Kier alpha value is -2.28. The van der Waals surface area contributed by atoms with E-state index in [1.165, 1.54) is 18.8 Å². The second kappa shape index (κ2) is 6.87. The van der Waals surface area contributed by atoms with E-state index in [0.29, 0.717) is 23.4 Å². The number of aromatic nitrogens is 4. The smallest absolute Gasteiger partial charge is 0.255 e. The topological polar surface area (TPSA) is 75.9 Å². The molecule has 0 aliphatic carbocycles. The molecule has 0 unspecified atom stereocenters. The molecule has 2 aromatic heterocycles. The summed E-state index contributed by atoms with van der Waals surface area (Å²) < 4.78 is 1.60. The maximum atomic E-state index is 12.3. The lowest BCUT2D eigenvalue weighted by molar-refractivity contribution is 0.572. The first-order chi connectivity index (χ1) is 11.2. The molecule has 3 rings (SSSR count). The van der Waals surface area contributed by atoms with Gasteiger partial charge in [0.1, 0.15) is 6.33 Å². The predicted molar refractivity (Wildman–Crippen MR) is 89.4 cm³/mol. The van der Waals surface area contributed by atoms with Crippen LogP contribution in [0.1, 0.15) is 19.8 Å². The molecule has 1 aliphatic heterocycles. The molecule has 7 nitrogen and oxygen atoms in total. The highest BCUT2D eigenvalue weighted by Gasteiger charge is 2.20. The second-order valence-electron chi connectivity index (χ2n) is 5.77. The van der Waals surface area contributed by atoms with Gasteiger partial charge in [0.2, 0.25) is 5.95 Å². The summed E-state index contributed by atoms with van der Waals surface area (Å²) in [6.07, 6.45) is 5.49. The van der Waals surface area contributed by atoms with E-state index in [1.54, 1.807) is 23.9 Å². The van der Waals surface area contributed by atoms with Crippen molar-refractivity contribution in [2.45, 2.75) is 25.8 Å². The molecule has 0 spiro atoms. The molecule has 122 valence electrons. The molecule has 2 aromatic rings. The summed E-state index contributed by atoms with van der Waals surface area (Å²) in [7, 11) is 1.76. The minimum absolute atomic E-state index is 0.0820. The summed E-state index contributed by atoms with van der Waals surface area (Å²) in [4.78, 5) is 27.3. The Morgan fingerprint density at radius 3 is 2.96 bits per heavy atom. The van der Waals surface area contributed by atoms with Crippen molar-refractivity contribution in [3.05, 3.63) is 35.0 Å². The zero-order chi connectivity index (χ0) is 16.2. The van der Waals surface area contributed by atoms with E-state index in [0.717, 1.165) is 26.1 Å². The Morgan fingerprint density at radius 1 is 1.43 bits per heavy atom. The molecule has 3 heterocycles. The Morgan fingerprint density at radius 2 is 2.30 bits per heavy atom. The van der Waals surface area contributed by atoms with E-state index in [1.807, 2.05) is 0 Å². The highest BCUT2D eigenvalue weighted by molar-refractivity contribution is 5.55. The minimum atomic E-state index is -0.0820. The van der Waals surface area contributed by atoms with Crippen LogP contribution in [0.2, 0.25) is 0 Å². The van der Waals surface area contributed by atoms with Crippen molar-refractivity contribution in [1.82, 2.24) is 24.8 Å². The third-order valence-corrected chi connectivity index (χ3v) is 4.22. The molecule has 7 heteroatoms. The Balaban J connectivity index is 1.96. The van der Waals surface area contributed by atoms with Crippen molar-refractivity contribution in [3.8, 4) is 11.4 Å². The zero-order valence-electron chi connectivity index (χ0n) is 13.6. The molecule has 1 aliphatic rings. The van der Waals surface area contributed by atoms with Crippen molar-refractivity contribution in [2.24, 2.45) is 7.05 Å². The molecule has 1 N–H and O–H groups in total. The van der Waals surface area contributed by atoms with Crippen LogP contribution in [-0.2, 0) is 7.05 Å². The van der Waals surface area contributed by atoms with Gasteiger partial charge in [-0.1, -0.05) is 0 Å². The number of anilines is 1. The number of rotatable bonds is 5. The predicted octanol–water partition coefficient (Wildman–Crippen LogP) is 0.816. The molecule has 1 saturated heterocycles. The van der Waals surface area contributed by atoms with Gasteiger partial charge in [-0.2, -0.15) is 0 Å². The summed E-state index contributed by atoms with van der Waals surface area (Å²) in [6.45, 7) is 4.80. The van der Waals surface area contributed by atoms with Crippen LogP contribution >= 0.6 is 0 Å². The van der Waals surface area contributed by atoms with E-state index in [4.69, 9.17) is 0 Å². The van der Waals surface area contributed by atoms with Gasteiger partial charge in [0.25, 0.3) is 5.56 Å². The van der Waals surface area contributed by atoms with Crippen LogP contribution in [-0.4, -0.2) is 45.2 Å². The molecule has 1 fully saturated rings. The first kappa shape index (κ1) is 15.6. The molecular weight excluding hydrogens is 292 g/mol. The van der Waals surface area contributed by atoms with E-state index in [2.05, 4.69) is 32.1 Å². The zero-order valence-corrected chi connectivity index (χ0v) is 13.6. The molecule has 0 saturated carbocycles. The third kappa shape index (κ3) is 3.39. The second-order valence-corrected chi connectivity index (χ2v) is 5.77. The number of hydrogen-bond donors (Lipinski definition) is 1. The van der Waals surface area contributed by atoms with Crippen molar-refractivity contribution in [2.75, 3.05) is 24.5 Å². The summed E-state index contributed by atoms with van der Waals surface area (Å²) in [6, 6.07) is 3.74. The average molecular weight is 314 g/mol. The Labute approximate surface area is 135 Å². The van der Waals surface area contributed by atoms with Crippen molar-refractivity contribution in [3.63, 3.8) is 0 Å². The molecule has 0 bridgehead atoms. The average Bonchev–Trinajstić information content (AvgIpc) is 3.09. The summed E-state index contributed by atoms with van der Waals surface area (Å²) in [5.74, 6) is 0.683. The quantitative estimate of drug-likeness (QED) is 0.880. The van der Waals surface area contributed by atoms with Crippen LogP contribution in [0.25, 0.3) is 11.4 Å². The summed E-state index contributed by atoms with van der Waals surface area (Å²) in [5, 5.41) is 3.49. The summed E-state index contributed by atoms with van der Waals surface area (Å²) in [5.41, 5.74) is 1.17. The first-order valence-corrected chi connectivity index (χ1v) is 8.02. The van der Waals surface area contributed by atoms with Gasteiger partial charge >= 0.3 is 0 Å². The minimum Gasteiger partial charge on any atom is -0.341 e. The fraction of sp³-hybridized carbons (Fsp3) is 0.500. The fourth-order valence-electron chi connectivity index (χ4n) is 2.91. The number of nitrogens with zero attached hydrogens (tertiary/aromatic N) is 5. The third-order valence-electron chi connectivity index (χ3n) is 4.22. The van der Waals surface area contributed by atoms with Crippen molar-refractivity contribution >= 4 is 5.95 Å². The van der Waals surface area contributed by atoms with Gasteiger partial charge in [0.15, 0.2) is 0 Å². The van der Waals surface area contributed by atoms with Crippen LogP contribution < -0.4 is 15.8 Å². The van der Waals surface area contributed by atoms with Gasteiger partial charge in [-0.15, -0.1) is 0 Å². The summed E-state index contributed by atoms with van der Waals surface area (Å²) >= 11 is 0. The van der Waals surface area contributed by atoms with E-state index < -0.39 is 0 Å². The largest absolute Gasteiger partial charge is 0.341 e. The lowest BCUT2D eigenvalue weighted by Crippen LogP contribution is -2.40. The van der Waals surface area contributed by atoms with E-state index in [-0.39, 0.29) is 5.56 Å². The van der Waals surface area contributed by atoms with Crippen molar-refractivity contribution in [1.29, 1.82) is 0 Å². The molecule has 0 amide bonds. The highest BCUT2D eigenvalue weighted by atomic mass is 16.1. The fourth-order valence-corrected chi connectivity index (χ4v) is 2.91. The molecular formula is C16H22N6O.